The first kappa shape index (κ1) is 14.5. The number of carbonyl (C=O) groups excluding carboxylic acids is 1. The van der Waals surface area contributed by atoms with Gasteiger partial charge in [0.25, 0.3) is 5.91 Å². The van der Waals surface area contributed by atoms with Crippen LogP contribution in [0, 0.1) is 6.92 Å². The highest BCUT2D eigenvalue weighted by Gasteiger charge is 2.18. The summed E-state index contributed by atoms with van der Waals surface area (Å²) in [5.41, 5.74) is 1.25. The van der Waals surface area contributed by atoms with Gasteiger partial charge in [0.05, 0.1) is 0 Å². The number of nitrogens with zero attached hydrogens (tertiary/aromatic N) is 1. The molecule has 0 aliphatic heterocycles. The average molecular weight is 251 g/mol. The Bertz CT molecular complexity index is 416. The fourth-order valence-corrected chi connectivity index (χ4v) is 1.79. The maximum atomic E-state index is 12.3. The van der Waals surface area contributed by atoms with Crippen LogP contribution < -0.4 is 0 Å². The van der Waals surface area contributed by atoms with Gasteiger partial charge in [-0.1, -0.05) is 0 Å². The molecule has 4 nitrogen and oxygen atoms in total. The van der Waals surface area contributed by atoms with Crippen molar-refractivity contribution in [2.75, 3.05) is 13.2 Å². The molecule has 1 aromatic rings. The predicted molar refractivity (Wildman–Crippen MR) is 70.7 cm³/mol. The van der Waals surface area contributed by atoms with Gasteiger partial charge in [-0.25, -0.2) is 0 Å². The molecule has 0 unspecified atom stereocenters. The third-order valence-electron chi connectivity index (χ3n) is 2.89. The number of phenolic OH excluding ortho intramolecular Hbond substituents is 1. The minimum Gasteiger partial charge on any atom is -0.508 e. The molecule has 1 aromatic carbocycles. The molecule has 0 aromatic heterocycles. The van der Waals surface area contributed by atoms with Crippen LogP contribution in [0.15, 0.2) is 18.2 Å². The summed E-state index contributed by atoms with van der Waals surface area (Å²) in [6.45, 7) is 6.27. The van der Waals surface area contributed by atoms with Gasteiger partial charge in [0.2, 0.25) is 0 Å². The van der Waals surface area contributed by atoms with E-state index in [0.717, 1.165) is 0 Å². The van der Waals surface area contributed by atoms with Crippen LogP contribution in [0.5, 0.6) is 5.75 Å². The van der Waals surface area contributed by atoms with E-state index >= 15 is 0 Å². The molecule has 0 fully saturated rings. The Labute approximate surface area is 108 Å². The molecule has 1 amide bonds. The van der Waals surface area contributed by atoms with E-state index in [-0.39, 0.29) is 24.3 Å². The normalized spacial score (nSPS) is 10.7. The molecular weight excluding hydrogens is 230 g/mol. The fraction of sp³-hybridized carbons (Fsp3) is 0.500. The Balaban J connectivity index is 2.91. The van der Waals surface area contributed by atoms with Crippen LogP contribution in [-0.2, 0) is 0 Å². The van der Waals surface area contributed by atoms with Crippen molar-refractivity contribution >= 4 is 5.91 Å². The zero-order valence-corrected chi connectivity index (χ0v) is 11.2. The lowest BCUT2D eigenvalue weighted by Crippen LogP contribution is -2.38. The van der Waals surface area contributed by atoms with E-state index < -0.39 is 0 Å². The summed E-state index contributed by atoms with van der Waals surface area (Å²) in [6.07, 6.45) is 0.570. The molecule has 0 aliphatic rings. The summed E-state index contributed by atoms with van der Waals surface area (Å²) in [5, 5.41) is 18.3. The molecule has 0 saturated heterocycles. The lowest BCUT2D eigenvalue weighted by Gasteiger charge is -2.26. The van der Waals surface area contributed by atoms with Crippen LogP contribution in [0.4, 0.5) is 0 Å². The summed E-state index contributed by atoms with van der Waals surface area (Å²) >= 11 is 0. The molecule has 2 N–H and O–H groups in total. The summed E-state index contributed by atoms with van der Waals surface area (Å²) in [4.78, 5) is 14.0. The zero-order valence-electron chi connectivity index (χ0n) is 11.2. The first-order chi connectivity index (χ1) is 8.47. The van der Waals surface area contributed by atoms with Crippen LogP contribution in [0.2, 0.25) is 0 Å². The van der Waals surface area contributed by atoms with Crippen LogP contribution in [0.1, 0.15) is 36.2 Å². The molecule has 0 heterocycles. The van der Waals surface area contributed by atoms with Crippen molar-refractivity contribution in [3.63, 3.8) is 0 Å². The minimum atomic E-state index is -0.0680. The van der Waals surface area contributed by atoms with E-state index in [1.165, 1.54) is 6.07 Å². The topological polar surface area (TPSA) is 60.8 Å². The summed E-state index contributed by atoms with van der Waals surface area (Å²) < 4.78 is 0. The summed E-state index contributed by atoms with van der Waals surface area (Å²) in [5.74, 6) is 0.125. The van der Waals surface area contributed by atoms with Gasteiger partial charge in [0.15, 0.2) is 0 Å². The van der Waals surface area contributed by atoms with E-state index in [0.29, 0.717) is 24.1 Å². The quantitative estimate of drug-likeness (QED) is 0.840. The van der Waals surface area contributed by atoms with E-state index in [1.807, 2.05) is 13.8 Å². The Morgan fingerprint density at radius 3 is 2.56 bits per heavy atom. The Morgan fingerprint density at radius 1 is 1.39 bits per heavy atom. The Morgan fingerprint density at radius 2 is 2.06 bits per heavy atom. The van der Waals surface area contributed by atoms with Gasteiger partial charge in [0.1, 0.15) is 5.75 Å². The number of amides is 1. The maximum Gasteiger partial charge on any atom is 0.254 e. The number of aliphatic hydroxyl groups is 1. The maximum absolute atomic E-state index is 12.3. The molecule has 4 heteroatoms. The summed E-state index contributed by atoms with van der Waals surface area (Å²) in [7, 11) is 0. The third kappa shape index (κ3) is 3.47. The summed E-state index contributed by atoms with van der Waals surface area (Å²) in [6, 6.07) is 4.93. The van der Waals surface area contributed by atoms with E-state index in [4.69, 9.17) is 5.11 Å². The molecule has 0 saturated carbocycles. The molecular formula is C14H21NO3. The Hall–Kier alpha value is -1.55. The van der Waals surface area contributed by atoms with E-state index in [1.54, 1.807) is 24.0 Å². The van der Waals surface area contributed by atoms with Crippen molar-refractivity contribution in [3.8, 4) is 5.75 Å². The van der Waals surface area contributed by atoms with Crippen LogP contribution >= 0.6 is 0 Å². The SMILES string of the molecule is Cc1cc(C(=O)N(CCCO)C(C)C)ccc1O. The molecule has 100 valence electrons. The second-order valence-corrected chi connectivity index (χ2v) is 4.67. The van der Waals surface area contributed by atoms with Gasteiger partial charge in [-0.15, -0.1) is 0 Å². The smallest absolute Gasteiger partial charge is 0.254 e. The molecule has 0 bridgehead atoms. The lowest BCUT2D eigenvalue weighted by molar-refractivity contribution is 0.0693. The van der Waals surface area contributed by atoms with Crippen molar-refractivity contribution in [1.82, 2.24) is 4.90 Å². The average Bonchev–Trinajstić information content (AvgIpc) is 2.32. The number of hydrogen-bond donors (Lipinski definition) is 2. The second-order valence-electron chi connectivity index (χ2n) is 4.67. The standard InChI is InChI=1S/C14H21NO3/c1-10(2)15(7-4-8-16)14(18)12-5-6-13(17)11(3)9-12/h5-6,9-10,16-17H,4,7-8H2,1-3H3. The fourth-order valence-electron chi connectivity index (χ4n) is 1.79. The van der Waals surface area contributed by atoms with Crippen molar-refractivity contribution < 1.29 is 15.0 Å². The number of benzene rings is 1. The van der Waals surface area contributed by atoms with Gasteiger partial charge in [0, 0.05) is 24.8 Å². The van der Waals surface area contributed by atoms with Crippen molar-refractivity contribution in [3.05, 3.63) is 29.3 Å². The van der Waals surface area contributed by atoms with Gasteiger partial charge in [-0.05, 0) is 51.0 Å². The van der Waals surface area contributed by atoms with Gasteiger partial charge in [-0.3, -0.25) is 4.79 Å². The number of phenols is 1. The first-order valence-electron chi connectivity index (χ1n) is 6.18. The number of rotatable bonds is 5. The molecule has 18 heavy (non-hydrogen) atoms. The van der Waals surface area contributed by atoms with Crippen molar-refractivity contribution in [1.29, 1.82) is 0 Å². The monoisotopic (exact) mass is 251 g/mol. The Kier molecular flexibility index (Phi) is 5.16. The zero-order chi connectivity index (χ0) is 13.7. The van der Waals surface area contributed by atoms with Gasteiger partial charge < -0.3 is 15.1 Å². The van der Waals surface area contributed by atoms with E-state index in [9.17, 15) is 9.90 Å². The number of aromatic hydroxyl groups is 1. The van der Waals surface area contributed by atoms with Gasteiger partial charge in [-0.2, -0.15) is 0 Å². The molecule has 0 aliphatic carbocycles. The van der Waals surface area contributed by atoms with Crippen molar-refractivity contribution in [2.45, 2.75) is 33.2 Å². The van der Waals surface area contributed by atoms with Crippen LogP contribution in [0.25, 0.3) is 0 Å². The molecule has 0 radical (unpaired) electrons. The third-order valence-corrected chi connectivity index (χ3v) is 2.89. The minimum absolute atomic E-state index is 0.0680. The largest absolute Gasteiger partial charge is 0.508 e. The predicted octanol–water partition coefficient (Wildman–Crippen LogP) is 1.93. The molecule has 0 spiro atoms. The molecule has 0 atom stereocenters. The van der Waals surface area contributed by atoms with Crippen LogP contribution in [0.3, 0.4) is 0 Å². The highest BCUT2D eigenvalue weighted by molar-refractivity contribution is 5.94. The highest BCUT2D eigenvalue weighted by Crippen LogP contribution is 2.19. The molecule has 1 rings (SSSR count). The lowest BCUT2D eigenvalue weighted by atomic mass is 10.1. The second kappa shape index (κ2) is 6.40. The number of aryl methyl sites for hydroxylation is 1. The van der Waals surface area contributed by atoms with E-state index in [2.05, 4.69) is 0 Å². The highest BCUT2D eigenvalue weighted by atomic mass is 16.3. The van der Waals surface area contributed by atoms with Gasteiger partial charge >= 0.3 is 0 Å². The number of aliphatic hydroxyl groups excluding tert-OH is 1. The first-order valence-corrected chi connectivity index (χ1v) is 6.18. The number of hydrogen-bond acceptors (Lipinski definition) is 3. The van der Waals surface area contributed by atoms with Crippen molar-refractivity contribution in [2.24, 2.45) is 0 Å². The van der Waals surface area contributed by atoms with Crippen LogP contribution in [-0.4, -0.2) is 40.2 Å². The number of carbonyl (C=O) groups is 1.